The summed E-state index contributed by atoms with van der Waals surface area (Å²) in [4.78, 5) is 2.58. The number of nitrogens with one attached hydrogen (secondary N) is 1. The summed E-state index contributed by atoms with van der Waals surface area (Å²) >= 11 is 0. The van der Waals surface area contributed by atoms with Crippen LogP contribution in [0.25, 0.3) is 0 Å². The van der Waals surface area contributed by atoms with Crippen LogP contribution in [0.4, 0.5) is 0 Å². The highest BCUT2D eigenvalue weighted by atomic mass is 15.2. The molecule has 2 heteroatoms. The molecular weight excluding hydrogens is 220 g/mol. The Balaban J connectivity index is 2.17. The Morgan fingerprint density at radius 2 is 1.89 bits per heavy atom. The predicted molar refractivity (Wildman–Crippen MR) is 77.8 cm³/mol. The fourth-order valence-electron chi connectivity index (χ4n) is 2.57. The van der Waals surface area contributed by atoms with Gasteiger partial charge in [-0.3, -0.25) is 4.90 Å². The first kappa shape index (κ1) is 13.3. The second-order valence-corrected chi connectivity index (χ2v) is 5.37. The van der Waals surface area contributed by atoms with Crippen LogP contribution in [-0.4, -0.2) is 31.1 Å². The predicted octanol–water partition coefficient (Wildman–Crippen LogP) is 2.91. The van der Waals surface area contributed by atoms with Gasteiger partial charge in [-0.1, -0.05) is 35.4 Å². The molecule has 1 aliphatic heterocycles. The van der Waals surface area contributed by atoms with Crippen LogP contribution in [0.5, 0.6) is 0 Å². The van der Waals surface area contributed by atoms with E-state index in [0.29, 0.717) is 6.04 Å². The van der Waals surface area contributed by atoms with E-state index in [0.717, 1.165) is 32.6 Å². The summed E-state index contributed by atoms with van der Waals surface area (Å²) in [6.07, 6.45) is 1.06. The lowest BCUT2D eigenvalue weighted by atomic mass is 9.97. The molecule has 0 aromatic heterocycles. The van der Waals surface area contributed by atoms with Crippen LogP contribution in [0, 0.1) is 6.92 Å². The van der Waals surface area contributed by atoms with E-state index in [1.54, 1.807) is 0 Å². The maximum Gasteiger partial charge on any atom is 0.0386 e. The summed E-state index contributed by atoms with van der Waals surface area (Å²) in [5.41, 5.74) is 4.01. The zero-order valence-corrected chi connectivity index (χ0v) is 11.6. The molecule has 1 aliphatic rings. The van der Waals surface area contributed by atoms with Gasteiger partial charge in [0.15, 0.2) is 0 Å². The number of benzene rings is 1. The highest BCUT2D eigenvalue weighted by Crippen LogP contribution is 2.27. The SMILES string of the molecule is C=C(C)C[C@@H](c1ccc(C)cc1)N1CCNCC1. The first-order valence-electron chi connectivity index (χ1n) is 6.82. The van der Waals surface area contributed by atoms with E-state index in [4.69, 9.17) is 0 Å². The van der Waals surface area contributed by atoms with Crippen LogP contribution in [0.1, 0.15) is 30.5 Å². The van der Waals surface area contributed by atoms with Crippen molar-refractivity contribution in [1.29, 1.82) is 0 Å². The molecule has 1 atom stereocenters. The first-order valence-corrected chi connectivity index (χ1v) is 6.82. The molecule has 0 unspecified atom stereocenters. The van der Waals surface area contributed by atoms with E-state index in [2.05, 4.69) is 54.9 Å². The van der Waals surface area contributed by atoms with Crippen LogP contribution >= 0.6 is 0 Å². The number of hydrogen-bond acceptors (Lipinski definition) is 2. The fourth-order valence-corrected chi connectivity index (χ4v) is 2.57. The van der Waals surface area contributed by atoms with Crippen molar-refractivity contribution in [3.05, 3.63) is 47.5 Å². The van der Waals surface area contributed by atoms with E-state index in [9.17, 15) is 0 Å². The zero-order chi connectivity index (χ0) is 13.0. The zero-order valence-electron chi connectivity index (χ0n) is 11.6. The first-order chi connectivity index (χ1) is 8.66. The van der Waals surface area contributed by atoms with Gasteiger partial charge in [0.2, 0.25) is 0 Å². The second-order valence-electron chi connectivity index (χ2n) is 5.37. The summed E-state index contributed by atoms with van der Waals surface area (Å²) in [5.74, 6) is 0. The Bertz CT molecular complexity index is 388. The van der Waals surface area contributed by atoms with Gasteiger partial charge in [-0.2, -0.15) is 0 Å². The monoisotopic (exact) mass is 244 g/mol. The minimum absolute atomic E-state index is 0.491. The Labute approximate surface area is 111 Å². The van der Waals surface area contributed by atoms with Gasteiger partial charge in [-0.15, -0.1) is 6.58 Å². The summed E-state index contributed by atoms with van der Waals surface area (Å²) in [7, 11) is 0. The molecule has 0 bridgehead atoms. The van der Waals surface area contributed by atoms with Crippen molar-refractivity contribution >= 4 is 0 Å². The summed E-state index contributed by atoms with van der Waals surface area (Å²) in [6.45, 7) is 12.8. The van der Waals surface area contributed by atoms with E-state index in [1.165, 1.54) is 16.7 Å². The smallest absolute Gasteiger partial charge is 0.0386 e. The van der Waals surface area contributed by atoms with Crippen molar-refractivity contribution in [2.75, 3.05) is 26.2 Å². The van der Waals surface area contributed by atoms with Crippen LogP contribution in [0.15, 0.2) is 36.4 Å². The van der Waals surface area contributed by atoms with Gasteiger partial charge in [0, 0.05) is 32.2 Å². The average Bonchev–Trinajstić information content (AvgIpc) is 2.38. The third-order valence-corrected chi connectivity index (χ3v) is 3.60. The maximum atomic E-state index is 4.09. The molecule has 1 heterocycles. The van der Waals surface area contributed by atoms with Gasteiger partial charge in [0.1, 0.15) is 0 Å². The van der Waals surface area contributed by atoms with Crippen molar-refractivity contribution in [1.82, 2.24) is 10.2 Å². The van der Waals surface area contributed by atoms with Crippen LogP contribution in [0.3, 0.4) is 0 Å². The number of hydrogen-bond donors (Lipinski definition) is 1. The Hall–Kier alpha value is -1.12. The second kappa shape index (κ2) is 6.17. The molecule has 98 valence electrons. The average molecular weight is 244 g/mol. The number of nitrogens with zero attached hydrogens (tertiary/aromatic N) is 1. The van der Waals surface area contributed by atoms with Crippen molar-refractivity contribution in [2.45, 2.75) is 26.3 Å². The minimum atomic E-state index is 0.491. The van der Waals surface area contributed by atoms with Gasteiger partial charge in [-0.05, 0) is 25.8 Å². The molecule has 0 saturated carbocycles. The van der Waals surface area contributed by atoms with Gasteiger partial charge in [0.05, 0.1) is 0 Å². The van der Waals surface area contributed by atoms with Crippen molar-refractivity contribution in [2.24, 2.45) is 0 Å². The topological polar surface area (TPSA) is 15.3 Å². The molecule has 0 radical (unpaired) electrons. The Kier molecular flexibility index (Phi) is 4.56. The van der Waals surface area contributed by atoms with E-state index >= 15 is 0 Å². The highest BCUT2D eigenvalue weighted by Gasteiger charge is 2.21. The van der Waals surface area contributed by atoms with Crippen molar-refractivity contribution in [3.63, 3.8) is 0 Å². The molecule has 1 fully saturated rings. The van der Waals surface area contributed by atoms with Crippen LogP contribution in [-0.2, 0) is 0 Å². The number of piperazine rings is 1. The molecule has 1 saturated heterocycles. The van der Waals surface area contributed by atoms with Crippen molar-refractivity contribution < 1.29 is 0 Å². The molecule has 0 aliphatic carbocycles. The van der Waals surface area contributed by atoms with E-state index in [-0.39, 0.29) is 0 Å². The van der Waals surface area contributed by atoms with Crippen LogP contribution in [0.2, 0.25) is 0 Å². The molecule has 2 nitrogen and oxygen atoms in total. The molecule has 18 heavy (non-hydrogen) atoms. The molecule has 0 amide bonds. The van der Waals surface area contributed by atoms with Gasteiger partial charge in [0.25, 0.3) is 0 Å². The lowest BCUT2D eigenvalue weighted by Gasteiger charge is -2.35. The third kappa shape index (κ3) is 3.44. The lowest BCUT2D eigenvalue weighted by Crippen LogP contribution is -2.45. The van der Waals surface area contributed by atoms with E-state index < -0.39 is 0 Å². The molecule has 1 aromatic rings. The van der Waals surface area contributed by atoms with Gasteiger partial charge < -0.3 is 5.32 Å². The molecule has 0 spiro atoms. The fraction of sp³-hybridized carbons (Fsp3) is 0.500. The van der Waals surface area contributed by atoms with E-state index in [1.807, 2.05) is 0 Å². The minimum Gasteiger partial charge on any atom is -0.314 e. The van der Waals surface area contributed by atoms with Crippen molar-refractivity contribution in [3.8, 4) is 0 Å². The Morgan fingerprint density at radius 1 is 1.28 bits per heavy atom. The summed E-state index contributed by atoms with van der Waals surface area (Å²) in [6, 6.07) is 9.45. The van der Waals surface area contributed by atoms with Gasteiger partial charge in [-0.25, -0.2) is 0 Å². The van der Waals surface area contributed by atoms with Gasteiger partial charge >= 0.3 is 0 Å². The highest BCUT2D eigenvalue weighted by molar-refractivity contribution is 5.25. The number of aryl methyl sites for hydroxylation is 1. The maximum absolute atomic E-state index is 4.09. The van der Waals surface area contributed by atoms with Crippen LogP contribution < -0.4 is 5.32 Å². The molecule has 1 aromatic carbocycles. The lowest BCUT2D eigenvalue weighted by molar-refractivity contribution is 0.172. The summed E-state index contributed by atoms with van der Waals surface area (Å²) in [5, 5.41) is 3.42. The molecule has 1 N–H and O–H groups in total. The Morgan fingerprint density at radius 3 is 2.44 bits per heavy atom. The number of rotatable bonds is 4. The quantitative estimate of drug-likeness (QED) is 0.819. The molecule has 2 rings (SSSR count). The standard InChI is InChI=1S/C16H24N2/c1-13(2)12-16(18-10-8-17-9-11-18)15-6-4-14(3)5-7-15/h4-7,16-17H,1,8-12H2,2-3H3/t16-/m0/s1. The largest absolute Gasteiger partial charge is 0.314 e. The normalized spacial score (nSPS) is 18.6. The molecular formula is C16H24N2. The third-order valence-electron chi connectivity index (χ3n) is 3.60. The summed E-state index contributed by atoms with van der Waals surface area (Å²) < 4.78 is 0.